The van der Waals surface area contributed by atoms with E-state index in [-0.39, 0.29) is 30.5 Å². The number of aryl methyl sites for hydroxylation is 1. The number of rotatable bonds is 7. The van der Waals surface area contributed by atoms with Crippen LogP contribution in [0.15, 0.2) is 0 Å². The van der Waals surface area contributed by atoms with Crippen molar-refractivity contribution in [3.8, 4) is 0 Å². The molecule has 0 radical (unpaired) electrons. The van der Waals surface area contributed by atoms with Gasteiger partial charge in [-0.15, -0.1) is 0 Å². The number of nitrogens with one attached hydrogen (secondary N) is 3. The quantitative estimate of drug-likeness (QED) is 0.581. The number of nitrogens with zero attached hydrogens (tertiary/aromatic N) is 1. The second-order valence-corrected chi connectivity index (χ2v) is 5.02. The fourth-order valence-electron chi connectivity index (χ4n) is 1.61. The monoisotopic (exact) mass is 281 g/mol. The van der Waals surface area contributed by atoms with Crippen molar-refractivity contribution >= 4 is 17.5 Å². The van der Waals surface area contributed by atoms with E-state index in [9.17, 15) is 9.59 Å². The average molecular weight is 281 g/mol. The molecule has 0 saturated carbocycles. The Labute approximate surface area is 118 Å². The smallest absolute Gasteiger partial charge is 0.273 e. The van der Waals surface area contributed by atoms with E-state index in [1.165, 1.54) is 0 Å². The van der Waals surface area contributed by atoms with Crippen LogP contribution in [-0.2, 0) is 11.2 Å². The number of carbonyl (C=O) groups excluding carboxylic acids is 2. The Balaban J connectivity index is 2.36. The number of carbonyl (C=O) groups is 2. The van der Waals surface area contributed by atoms with Gasteiger partial charge in [-0.1, -0.05) is 20.8 Å². The van der Waals surface area contributed by atoms with Gasteiger partial charge in [-0.05, 0) is 12.3 Å². The molecule has 0 saturated heterocycles. The van der Waals surface area contributed by atoms with E-state index in [0.29, 0.717) is 24.6 Å². The Morgan fingerprint density at radius 2 is 2.05 bits per heavy atom. The van der Waals surface area contributed by atoms with Crippen molar-refractivity contribution in [2.45, 2.75) is 33.6 Å². The van der Waals surface area contributed by atoms with Crippen LogP contribution in [-0.4, -0.2) is 35.1 Å². The number of amides is 2. The van der Waals surface area contributed by atoms with Crippen LogP contribution >= 0.6 is 0 Å². The number of nitrogens with two attached hydrogens (primary N) is 1. The molecular formula is C13H23N5O2. The highest BCUT2D eigenvalue weighted by Gasteiger charge is 2.16. The maximum Gasteiger partial charge on any atom is 0.273 e. The first-order valence-corrected chi connectivity index (χ1v) is 6.83. The number of nitrogen functional groups attached to an aromatic ring is 1. The first-order valence-electron chi connectivity index (χ1n) is 6.83. The molecule has 5 N–H and O–H groups in total. The number of aromatic amines is 1. The van der Waals surface area contributed by atoms with Crippen LogP contribution in [0.25, 0.3) is 0 Å². The molecule has 112 valence electrons. The van der Waals surface area contributed by atoms with Gasteiger partial charge in [0.25, 0.3) is 5.91 Å². The van der Waals surface area contributed by atoms with E-state index in [0.717, 1.165) is 5.69 Å². The summed E-state index contributed by atoms with van der Waals surface area (Å²) in [6.45, 7) is 6.86. The van der Waals surface area contributed by atoms with Crippen molar-refractivity contribution < 1.29 is 9.59 Å². The first kappa shape index (κ1) is 16.0. The number of aromatic nitrogens is 2. The molecule has 0 bridgehead atoms. The van der Waals surface area contributed by atoms with Gasteiger partial charge in [-0.2, -0.15) is 5.10 Å². The summed E-state index contributed by atoms with van der Waals surface area (Å²) in [6, 6.07) is 0. The molecule has 20 heavy (non-hydrogen) atoms. The Morgan fingerprint density at radius 1 is 1.35 bits per heavy atom. The molecule has 0 atom stereocenters. The molecule has 7 nitrogen and oxygen atoms in total. The fourth-order valence-corrected chi connectivity index (χ4v) is 1.61. The lowest BCUT2D eigenvalue weighted by Crippen LogP contribution is -2.32. The van der Waals surface area contributed by atoms with Gasteiger partial charge < -0.3 is 16.4 Å². The number of hydrogen-bond acceptors (Lipinski definition) is 4. The largest absolute Gasteiger partial charge is 0.395 e. The molecule has 1 heterocycles. The van der Waals surface area contributed by atoms with Crippen molar-refractivity contribution in [2.75, 3.05) is 18.8 Å². The van der Waals surface area contributed by atoms with E-state index < -0.39 is 0 Å². The molecule has 0 aliphatic carbocycles. The zero-order chi connectivity index (χ0) is 15.1. The van der Waals surface area contributed by atoms with Gasteiger partial charge in [0.2, 0.25) is 5.91 Å². The second-order valence-electron chi connectivity index (χ2n) is 5.02. The van der Waals surface area contributed by atoms with Crippen molar-refractivity contribution in [2.24, 2.45) is 5.92 Å². The SMILES string of the molecule is CCc1[nH]nc(C(=O)NCCC(=O)NCC(C)C)c1N. The third-order valence-corrected chi connectivity index (χ3v) is 2.80. The molecule has 1 aromatic heterocycles. The van der Waals surface area contributed by atoms with Crippen molar-refractivity contribution in [1.82, 2.24) is 20.8 Å². The van der Waals surface area contributed by atoms with Gasteiger partial charge in [-0.25, -0.2) is 0 Å². The van der Waals surface area contributed by atoms with Gasteiger partial charge in [0.15, 0.2) is 5.69 Å². The molecule has 0 aromatic carbocycles. The van der Waals surface area contributed by atoms with E-state index >= 15 is 0 Å². The summed E-state index contributed by atoms with van der Waals surface area (Å²) in [4.78, 5) is 23.3. The Bertz CT molecular complexity index is 467. The zero-order valence-electron chi connectivity index (χ0n) is 12.2. The lowest BCUT2D eigenvalue weighted by atomic mass is 10.2. The molecule has 0 fully saturated rings. The summed E-state index contributed by atoms with van der Waals surface area (Å²) in [7, 11) is 0. The fraction of sp³-hybridized carbons (Fsp3) is 0.615. The molecule has 0 spiro atoms. The van der Waals surface area contributed by atoms with E-state index in [1.807, 2.05) is 20.8 Å². The average Bonchev–Trinajstić information content (AvgIpc) is 2.77. The molecule has 0 aliphatic heterocycles. The molecule has 0 aliphatic rings. The third-order valence-electron chi connectivity index (χ3n) is 2.80. The molecule has 7 heteroatoms. The van der Waals surface area contributed by atoms with Crippen LogP contribution in [0, 0.1) is 5.92 Å². The summed E-state index contributed by atoms with van der Waals surface area (Å²) < 4.78 is 0. The summed E-state index contributed by atoms with van der Waals surface area (Å²) >= 11 is 0. The minimum Gasteiger partial charge on any atom is -0.395 e. The lowest BCUT2D eigenvalue weighted by Gasteiger charge is -2.08. The third kappa shape index (κ3) is 4.56. The molecule has 1 aromatic rings. The molecule has 1 rings (SSSR count). The minimum absolute atomic E-state index is 0.0803. The molecular weight excluding hydrogens is 258 g/mol. The molecule has 2 amide bonds. The predicted octanol–water partition coefficient (Wildman–Crippen LogP) is 0.446. The minimum atomic E-state index is -0.366. The van der Waals surface area contributed by atoms with Crippen LogP contribution in [0.2, 0.25) is 0 Å². The zero-order valence-corrected chi connectivity index (χ0v) is 12.2. The standard InChI is InChI=1S/C13H23N5O2/c1-4-9-11(14)12(18-17-9)13(20)15-6-5-10(19)16-7-8(2)3/h8H,4-7,14H2,1-3H3,(H,15,20)(H,16,19)(H,17,18). The highest BCUT2D eigenvalue weighted by molar-refractivity contribution is 5.97. The number of H-pyrrole nitrogens is 1. The number of anilines is 1. The topological polar surface area (TPSA) is 113 Å². The van der Waals surface area contributed by atoms with Crippen LogP contribution in [0.5, 0.6) is 0 Å². The Morgan fingerprint density at radius 3 is 2.60 bits per heavy atom. The van der Waals surface area contributed by atoms with Crippen molar-refractivity contribution in [3.63, 3.8) is 0 Å². The lowest BCUT2D eigenvalue weighted by molar-refractivity contribution is -0.121. The summed E-state index contributed by atoms with van der Waals surface area (Å²) in [5.41, 5.74) is 7.09. The molecule has 0 unspecified atom stereocenters. The second kappa shape index (κ2) is 7.52. The van der Waals surface area contributed by atoms with E-state index in [4.69, 9.17) is 5.73 Å². The predicted molar refractivity (Wildman–Crippen MR) is 77.2 cm³/mol. The van der Waals surface area contributed by atoms with E-state index in [2.05, 4.69) is 20.8 Å². The summed E-state index contributed by atoms with van der Waals surface area (Å²) in [6.07, 6.45) is 0.924. The van der Waals surface area contributed by atoms with Gasteiger partial charge in [0.05, 0.1) is 11.4 Å². The van der Waals surface area contributed by atoms with E-state index in [1.54, 1.807) is 0 Å². The van der Waals surface area contributed by atoms with Crippen LogP contribution < -0.4 is 16.4 Å². The van der Waals surface area contributed by atoms with Crippen LogP contribution in [0.1, 0.15) is 43.4 Å². The van der Waals surface area contributed by atoms with Gasteiger partial charge in [-0.3, -0.25) is 14.7 Å². The first-order chi connectivity index (χ1) is 9.45. The maximum absolute atomic E-state index is 11.8. The van der Waals surface area contributed by atoms with Crippen LogP contribution in [0.3, 0.4) is 0 Å². The highest BCUT2D eigenvalue weighted by Crippen LogP contribution is 2.13. The van der Waals surface area contributed by atoms with Crippen LogP contribution in [0.4, 0.5) is 5.69 Å². The summed E-state index contributed by atoms with van der Waals surface area (Å²) in [5.74, 6) is -0.0387. The van der Waals surface area contributed by atoms with Gasteiger partial charge in [0, 0.05) is 19.5 Å². The Kier molecular flexibility index (Phi) is 6.02. The normalized spacial score (nSPS) is 10.6. The van der Waals surface area contributed by atoms with Crippen molar-refractivity contribution in [1.29, 1.82) is 0 Å². The summed E-state index contributed by atoms with van der Waals surface area (Å²) in [5, 5.41) is 12.0. The number of hydrogen-bond donors (Lipinski definition) is 4. The Hall–Kier alpha value is -2.05. The maximum atomic E-state index is 11.8. The van der Waals surface area contributed by atoms with Gasteiger partial charge >= 0.3 is 0 Å². The highest BCUT2D eigenvalue weighted by atomic mass is 16.2. The van der Waals surface area contributed by atoms with Gasteiger partial charge in [0.1, 0.15) is 0 Å². The van der Waals surface area contributed by atoms with Crippen molar-refractivity contribution in [3.05, 3.63) is 11.4 Å².